The first kappa shape index (κ1) is 9.59. The Morgan fingerprint density at radius 3 is 2.54 bits per heavy atom. The van der Waals surface area contributed by atoms with E-state index in [1.54, 1.807) is 13.2 Å². The molecule has 0 saturated carbocycles. The van der Waals surface area contributed by atoms with E-state index < -0.39 is 0 Å². The molecule has 0 spiro atoms. The third-order valence-corrected chi connectivity index (χ3v) is 1.78. The van der Waals surface area contributed by atoms with E-state index in [-0.39, 0.29) is 0 Å². The van der Waals surface area contributed by atoms with Gasteiger partial charge < -0.3 is 4.74 Å². The molecule has 68 valence electrons. The molecule has 0 fully saturated rings. The van der Waals surface area contributed by atoms with Gasteiger partial charge in [0.05, 0.1) is 7.11 Å². The fourth-order valence-electron chi connectivity index (χ4n) is 1.06. The molecule has 0 unspecified atom stereocenters. The summed E-state index contributed by atoms with van der Waals surface area (Å²) >= 11 is 0. The molecule has 0 radical (unpaired) electrons. The molecule has 0 aliphatic rings. The number of hydrogen-bond donors (Lipinski definition) is 0. The standard InChI is InChI=1S/C12H14O/c1-3-4-5-6-11-7-9-12(13-2)10-8-11/h3-5,7-10H,1,6H2,2H3. The van der Waals surface area contributed by atoms with Gasteiger partial charge in [0.1, 0.15) is 5.75 Å². The highest BCUT2D eigenvalue weighted by molar-refractivity contribution is 5.28. The van der Waals surface area contributed by atoms with Gasteiger partial charge in [0.25, 0.3) is 0 Å². The van der Waals surface area contributed by atoms with Crippen LogP contribution in [-0.2, 0) is 6.42 Å². The zero-order chi connectivity index (χ0) is 9.52. The van der Waals surface area contributed by atoms with Crippen molar-refractivity contribution in [1.82, 2.24) is 0 Å². The molecular weight excluding hydrogens is 160 g/mol. The molecule has 0 aromatic heterocycles. The van der Waals surface area contributed by atoms with Crippen LogP contribution in [0.4, 0.5) is 0 Å². The third-order valence-electron chi connectivity index (χ3n) is 1.78. The highest BCUT2D eigenvalue weighted by Gasteiger charge is 1.90. The Balaban J connectivity index is 2.58. The van der Waals surface area contributed by atoms with Gasteiger partial charge in [-0.15, -0.1) is 0 Å². The van der Waals surface area contributed by atoms with Crippen molar-refractivity contribution >= 4 is 0 Å². The second-order valence-corrected chi connectivity index (χ2v) is 2.72. The van der Waals surface area contributed by atoms with E-state index in [0.717, 1.165) is 12.2 Å². The second kappa shape index (κ2) is 5.20. The Morgan fingerprint density at radius 2 is 2.00 bits per heavy atom. The van der Waals surface area contributed by atoms with Gasteiger partial charge in [-0.2, -0.15) is 0 Å². The molecule has 0 bridgehead atoms. The SMILES string of the molecule is C=CC=CCc1ccc(OC)cc1. The summed E-state index contributed by atoms with van der Waals surface area (Å²) in [6, 6.07) is 8.06. The fraction of sp³-hybridized carbons (Fsp3) is 0.167. The van der Waals surface area contributed by atoms with E-state index in [1.807, 2.05) is 18.2 Å². The number of allylic oxidation sites excluding steroid dienone is 3. The Morgan fingerprint density at radius 1 is 1.31 bits per heavy atom. The van der Waals surface area contributed by atoms with Crippen molar-refractivity contribution in [1.29, 1.82) is 0 Å². The van der Waals surface area contributed by atoms with Gasteiger partial charge in [-0.3, -0.25) is 0 Å². The van der Waals surface area contributed by atoms with Crippen molar-refractivity contribution in [3.05, 3.63) is 54.6 Å². The minimum Gasteiger partial charge on any atom is -0.497 e. The molecule has 0 atom stereocenters. The first-order valence-corrected chi connectivity index (χ1v) is 4.27. The van der Waals surface area contributed by atoms with E-state index in [2.05, 4.69) is 24.8 Å². The average Bonchev–Trinajstić information content (AvgIpc) is 2.19. The van der Waals surface area contributed by atoms with Crippen molar-refractivity contribution in [2.24, 2.45) is 0 Å². The topological polar surface area (TPSA) is 9.23 Å². The summed E-state index contributed by atoms with van der Waals surface area (Å²) in [6.45, 7) is 3.61. The number of benzene rings is 1. The molecule has 0 amide bonds. The van der Waals surface area contributed by atoms with Gasteiger partial charge in [0, 0.05) is 0 Å². The Kier molecular flexibility index (Phi) is 3.83. The molecule has 1 aromatic rings. The van der Waals surface area contributed by atoms with Crippen LogP contribution in [0.25, 0.3) is 0 Å². The summed E-state index contributed by atoms with van der Waals surface area (Å²) in [5.41, 5.74) is 1.28. The van der Waals surface area contributed by atoms with Crippen LogP contribution < -0.4 is 4.74 Å². The number of ether oxygens (including phenoxy) is 1. The molecule has 1 rings (SSSR count). The highest BCUT2D eigenvalue weighted by Crippen LogP contribution is 2.11. The predicted octanol–water partition coefficient (Wildman–Crippen LogP) is 2.98. The van der Waals surface area contributed by atoms with E-state index in [0.29, 0.717) is 0 Å². The molecule has 0 aliphatic heterocycles. The number of rotatable bonds is 4. The lowest BCUT2D eigenvalue weighted by molar-refractivity contribution is 0.414. The third kappa shape index (κ3) is 3.16. The molecule has 1 aromatic carbocycles. The summed E-state index contributed by atoms with van der Waals surface area (Å²) in [6.07, 6.45) is 6.75. The molecule has 1 nitrogen and oxygen atoms in total. The lowest BCUT2D eigenvalue weighted by Gasteiger charge is -2.00. The maximum atomic E-state index is 5.06. The lowest BCUT2D eigenvalue weighted by Crippen LogP contribution is -1.84. The van der Waals surface area contributed by atoms with E-state index in [1.165, 1.54) is 5.56 Å². The number of hydrogen-bond acceptors (Lipinski definition) is 1. The van der Waals surface area contributed by atoms with Crippen LogP contribution in [-0.4, -0.2) is 7.11 Å². The van der Waals surface area contributed by atoms with E-state index >= 15 is 0 Å². The monoisotopic (exact) mass is 174 g/mol. The number of methoxy groups -OCH3 is 1. The molecule has 13 heavy (non-hydrogen) atoms. The smallest absolute Gasteiger partial charge is 0.118 e. The fourth-order valence-corrected chi connectivity index (χ4v) is 1.06. The molecule has 0 heterocycles. The van der Waals surface area contributed by atoms with Crippen LogP contribution in [0.1, 0.15) is 5.56 Å². The minimum atomic E-state index is 0.899. The summed E-state index contributed by atoms with van der Waals surface area (Å²) in [4.78, 5) is 0. The first-order valence-electron chi connectivity index (χ1n) is 4.27. The van der Waals surface area contributed by atoms with Crippen LogP contribution in [0.2, 0.25) is 0 Å². The van der Waals surface area contributed by atoms with Crippen molar-refractivity contribution in [2.45, 2.75) is 6.42 Å². The molecule has 0 aliphatic carbocycles. The Hall–Kier alpha value is -1.50. The lowest BCUT2D eigenvalue weighted by atomic mass is 10.1. The summed E-state index contributed by atoms with van der Waals surface area (Å²) in [7, 11) is 1.67. The summed E-state index contributed by atoms with van der Waals surface area (Å²) in [5, 5.41) is 0. The van der Waals surface area contributed by atoms with Gasteiger partial charge in [-0.25, -0.2) is 0 Å². The van der Waals surface area contributed by atoms with Crippen LogP contribution in [0.15, 0.2) is 49.1 Å². The first-order chi connectivity index (χ1) is 6.36. The Bertz CT molecular complexity index is 282. The predicted molar refractivity (Wildman–Crippen MR) is 56.0 cm³/mol. The van der Waals surface area contributed by atoms with Gasteiger partial charge in [0.15, 0.2) is 0 Å². The second-order valence-electron chi connectivity index (χ2n) is 2.72. The van der Waals surface area contributed by atoms with Crippen LogP contribution in [0.3, 0.4) is 0 Å². The summed E-state index contributed by atoms with van der Waals surface area (Å²) in [5.74, 6) is 0.899. The largest absolute Gasteiger partial charge is 0.497 e. The highest BCUT2D eigenvalue weighted by atomic mass is 16.5. The van der Waals surface area contributed by atoms with Crippen LogP contribution in [0.5, 0.6) is 5.75 Å². The molecule has 1 heteroatoms. The quantitative estimate of drug-likeness (QED) is 0.638. The molecule has 0 saturated heterocycles. The molecular formula is C12H14O. The van der Waals surface area contributed by atoms with Crippen molar-refractivity contribution in [2.75, 3.05) is 7.11 Å². The summed E-state index contributed by atoms with van der Waals surface area (Å²) < 4.78 is 5.06. The zero-order valence-electron chi connectivity index (χ0n) is 7.86. The normalized spacial score (nSPS) is 10.2. The van der Waals surface area contributed by atoms with Crippen LogP contribution >= 0.6 is 0 Å². The van der Waals surface area contributed by atoms with Gasteiger partial charge >= 0.3 is 0 Å². The molecule has 0 N–H and O–H groups in total. The van der Waals surface area contributed by atoms with Gasteiger partial charge in [-0.1, -0.05) is 36.9 Å². The van der Waals surface area contributed by atoms with E-state index in [4.69, 9.17) is 4.74 Å². The maximum Gasteiger partial charge on any atom is 0.118 e. The Labute approximate surface area is 79.4 Å². The maximum absolute atomic E-state index is 5.06. The zero-order valence-corrected chi connectivity index (χ0v) is 7.86. The van der Waals surface area contributed by atoms with E-state index in [9.17, 15) is 0 Å². The van der Waals surface area contributed by atoms with Gasteiger partial charge in [-0.05, 0) is 24.1 Å². The van der Waals surface area contributed by atoms with Crippen LogP contribution in [0, 0.1) is 0 Å². The van der Waals surface area contributed by atoms with Crippen molar-refractivity contribution in [3.8, 4) is 5.75 Å². The van der Waals surface area contributed by atoms with Crippen molar-refractivity contribution < 1.29 is 4.74 Å². The minimum absolute atomic E-state index is 0.899. The average molecular weight is 174 g/mol. The van der Waals surface area contributed by atoms with Crippen molar-refractivity contribution in [3.63, 3.8) is 0 Å². The van der Waals surface area contributed by atoms with Gasteiger partial charge in [0.2, 0.25) is 0 Å².